The Morgan fingerprint density at radius 3 is 2.35 bits per heavy atom. The topological polar surface area (TPSA) is 9.23 Å². The van der Waals surface area contributed by atoms with Crippen LogP contribution in [0.25, 0.3) is 0 Å². The number of hydrogen-bond donors (Lipinski definition) is 0. The van der Waals surface area contributed by atoms with Crippen LogP contribution in [0.15, 0.2) is 24.3 Å². The van der Waals surface area contributed by atoms with Crippen molar-refractivity contribution in [3.63, 3.8) is 0 Å². The van der Waals surface area contributed by atoms with Gasteiger partial charge in [0.1, 0.15) is 5.75 Å². The van der Waals surface area contributed by atoms with Crippen molar-refractivity contribution in [1.29, 1.82) is 0 Å². The number of ether oxygens (including phenoxy) is 1. The highest BCUT2D eigenvalue weighted by atomic mass is 19.4. The molecule has 0 saturated heterocycles. The van der Waals surface area contributed by atoms with Gasteiger partial charge in [-0.05, 0) is 31.9 Å². The van der Waals surface area contributed by atoms with Crippen LogP contribution in [0.1, 0.15) is 57.9 Å². The van der Waals surface area contributed by atoms with E-state index < -0.39 is 11.7 Å². The van der Waals surface area contributed by atoms with Crippen molar-refractivity contribution in [2.75, 3.05) is 0 Å². The molecule has 0 saturated carbocycles. The minimum absolute atomic E-state index is 0.0685. The quantitative estimate of drug-likeness (QED) is 0.546. The molecule has 1 aromatic rings. The summed E-state index contributed by atoms with van der Waals surface area (Å²) in [6, 6.07) is 5.39. The van der Waals surface area contributed by atoms with E-state index in [9.17, 15) is 13.2 Å². The zero-order valence-electron chi connectivity index (χ0n) is 12.2. The fourth-order valence-corrected chi connectivity index (χ4v) is 2.11. The highest BCUT2D eigenvalue weighted by Crippen LogP contribution is 2.36. The van der Waals surface area contributed by atoms with Crippen LogP contribution in [0.4, 0.5) is 13.2 Å². The first-order chi connectivity index (χ1) is 9.45. The number of benzene rings is 1. The van der Waals surface area contributed by atoms with Crippen molar-refractivity contribution in [2.24, 2.45) is 0 Å². The zero-order chi connectivity index (χ0) is 15.0. The largest absolute Gasteiger partial charge is 0.490 e. The van der Waals surface area contributed by atoms with Gasteiger partial charge in [0, 0.05) is 0 Å². The maximum Gasteiger partial charge on any atom is 0.419 e. The molecule has 0 N–H and O–H groups in total. The number of hydrogen-bond acceptors (Lipinski definition) is 1. The molecule has 1 rings (SSSR count). The zero-order valence-corrected chi connectivity index (χ0v) is 12.2. The maximum absolute atomic E-state index is 12.8. The summed E-state index contributed by atoms with van der Waals surface area (Å²) in [5.74, 6) is -0.0685. The number of unbranched alkanes of at least 4 members (excludes halogenated alkanes) is 4. The average molecular weight is 288 g/mol. The summed E-state index contributed by atoms with van der Waals surface area (Å²) in [4.78, 5) is 0. The summed E-state index contributed by atoms with van der Waals surface area (Å²) < 4.78 is 43.9. The van der Waals surface area contributed by atoms with Crippen molar-refractivity contribution in [3.05, 3.63) is 29.8 Å². The average Bonchev–Trinajstić information content (AvgIpc) is 2.38. The highest BCUT2D eigenvalue weighted by molar-refractivity contribution is 5.35. The van der Waals surface area contributed by atoms with Crippen LogP contribution in [0, 0.1) is 0 Å². The van der Waals surface area contributed by atoms with Gasteiger partial charge in [-0.15, -0.1) is 0 Å². The molecule has 114 valence electrons. The van der Waals surface area contributed by atoms with E-state index in [4.69, 9.17) is 4.74 Å². The van der Waals surface area contributed by atoms with E-state index in [-0.39, 0.29) is 11.9 Å². The normalized spacial score (nSPS) is 13.2. The van der Waals surface area contributed by atoms with Crippen LogP contribution in [0.3, 0.4) is 0 Å². The summed E-state index contributed by atoms with van der Waals surface area (Å²) in [5, 5.41) is 0. The highest BCUT2D eigenvalue weighted by Gasteiger charge is 2.34. The molecule has 0 aromatic heterocycles. The van der Waals surface area contributed by atoms with Crippen LogP contribution >= 0.6 is 0 Å². The molecule has 1 aromatic carbocycles. The van der Waals surface area contributed by atoms with Crippen molar-refractivity contribution >= 4 is 0 Å². The Kier molecular flexibility index (Phi) is 6.89. The van der Waals surface area contributed by atoms with Gasteiger partial charge in [-0.25, -0.2) is 0 Å². The Labute approximate surface area is 119 Å². The van der Waals surface area contributed by atoms with Crippen LogP contribution in [0.2, 0.25) is 0 Å². The fraction of sp³-hybridized carbons (Fsp3) is 0.625. The third kappa shape index (κ3) is 5.85. The van der Waals surface area contributed by atoms with Gasteiger partial charge in [-0.2, -0.15) is 13.2 Å². The van der Waals surface area contributed by atoms with Gasteiger partial charge in [0.25, 0.3) is 0 Å². The van der Waals surface area contributed by atoms with Gasteiger partial charge in [0.05, 0.1) is 11.7 Å². The minimum atomic E-state index is -4.36. The van der Waals surface area contributed by atoms with Gasteiger partial charge in [0.15, 0.2) is 0 Å². The SMILES string of the molecule is CCCCCCCC(C)Oc1ccccc1C(F)(F)F. The van der Waals surface area contributed by atoms with Crippen LogP contribution in [-0.2, 0) is 6.18 Å². The summed E-state index contributed by atoms with van der Waals surface area (Å²) in [6.07, 6.45) is 1.92. The van der Waals surface area contributed by atoms with E-state index in [0.717, 1.165) is 25.3 Å². The van der Waals surface area contributed by atoms with Crippen LogP contribution in [0.5, 0.6) is 5.75 Å². The number of halogens is 3. The predicted octanol–water partition coefficient (Wildman–Crippen LogP) is 5.83. The third-order valence-corrected chi connectivity index (χ3v) is 3.23. The molecular formula is C16H23F3O. The summed E-state index contributed by atoms with van der Waals surface area (Å²) in [7, 11) is 0. The van der Waals surface area contributed by atoms with E-state index in [2.05, 4.69) is 6.92 Å². The summed E-state index contributed by atoms with van der Waals surface area (Å²) >= 11 is 0. The second kappa shape index (κ2) is 8.18. The van der Waals surface area contributed by atoms with Crippen LogP contribution < -0.4 is 4.74 Å². The first-order valence-electron chi connectivity index (χ1n) is 7.28. The number of alkyl halides is 3. The standard InChI is InChI=1S/C16H23F3O/c1-3-4-5-6-7-10-13(2)20-15-12-9-8-11-14(15)16(17,18)19/h8-9,11-13H,3-7,10H2,1-2H3. The fourth-order valence-electron chi connectivity index (χ4n) is 2.11. The summed E-state index contributed by atoms with van der Waals surface area (Å²) in [6.45, 7) is 3.98. The van der Waals surface area contributed by atoms with Crippen molar-refractivity contribution < 1.29 is 17.9 Å². The van der Waals surface area contributed by atoms with Gasteiger partial charge < -0.3 is 4.74 Å². The lowest BCUT2D eigenvalue weighted by molar-refractivity contribution is -0.139. The molecule has 1 nitrogen and oxygen atoms in total. The Bertz CT molecular complexity index is 388. The lowest BCUT2D eigenvalue weighted by Crippen LogP contribution is -2.15. The van der Waals surface area contributed by atoms with E-state index >= 15 is 0 Å². The van der Waals surface area contributed by atoms with Gasteiger partial charge in [-0.1, -0.05) is 44.7 Å². The molecule has 0 radical (unpaired) electrons. The van der Waals surface area contributed by atoms with E-state index in [1.807, 2.05) is 6.92 Å². The Morgan fingerprint density at radius 1 is 1.05 bits per heavy atom. The number of rotatable bonds is 8. The minimum Gasteiger partial charge on any atom is -0.490 e. The van der Waals surface area contributed by atoms with Crippen LogP contribution in [-0.4, -0.2) is 6.10 Å². The molecule has 1 unspecified atom stereocenters. The van der Waals surface area contributed by atoms with Crippen molar-refractivity contribution in [2.45, 2.75) is 64.7 Å². The van der Waals surface area contributed by atoms with E-state index in [1.54, 1.807) is 6.07 Å². The Hall–Kier alpha value is -1.19. The van der Waals surface area contributed by atoms with Crippen molar-refractivity contribution in [3.8, 4) is 5.75 Å². The van der Waals surface area contributed by atoms with Gasteiger partial charge in [-0.3, -0.25) is 0 Å². The monoisotopic (exact) mass is 288 g/mol. The van der Waals surface area contributed by atoms with Gasteiger partial charge in [0.2, 0.25) is 0 Å². The molecule has 0 aliphatic carbocycles. The molecule has 0 amide bonds. The Balaban J connectivity index is 2.48. The van der Waals surface area contributed by atoms with E-state index in [1.165, 1.54) is 31.4 Å². The molecule has 0 heterocycles. The summed E-state index contributed by atoms with van der Waals surface area (Å²) in [5.41, 5.74) is -0.696. The second-order valence-corrected chi connectivity index (χ2v) is 5.13. The molecule has 1 atom stereocenters. The molecule has 0 fully saturated rings. The Morgan fingerprint density at radius 2 is 1.70 bits per heavy atom. The lowest BCUT2D eigenvalue weighted by atomic mass is 10.1. The number of para-hydroxylation sites is 1. The first-order valence-corrected chi connectivity index (χ1v) is 7.28. The third-order valence-electron chi connectivity index (χ3n) is 3.23. The molecule has 20 heavy (non-hydrogen) atoms. The molecule has 0 spiro atoms. The molecular weight excluding hydrogens is 265 g/mol. The predicted molar refractivity (Wildman–Crippen MR) is 74.9 cm³/mol. The second-order valence-electron chi connectivity index (χ2n) is 5.13. The first kappa shape index (κ1) is 16.9. The molecule has 0 aliphatic heterocycles. The van der Waals surface area contributed by atoms with Gasteiger partial charge >= 0.3 is 6.18 Å². The maximum atomic E-state index is 12.8. The lowest BCUT2D eigenvalue weighted by Gasteiger charge is -2.18. The smallest absolute Gasteiger partial charge is 0.419 e. The molecule has 0 aliphatic rings. The van der Waals surface area contributed by atoms with Crippen molar-refractivity contribution in [1.82, 2.24) is 0 Å². The van der Waals surface area contributed by atoms with E-state index in [0.29, 0.717) is 0 Å². The molecule has 0 bridgehead atoms. The molecule has 4 heteroatoms.